The quantitative estimate of drug-likeness (QED) is 0.124. The zero-order valence-corrected chi connectivity index (χ0v) is 22.7. The smallest absolute Gasteiger partial charge is 0.267 e. The molecule has 0 saturated carbocycles. The number of nitrogens with zero attached hydrogens (tertiary/aromatic N) is 3. The van der Waals surface area contributed by atoms with E-state index in [-0.39, 0.29) is 16.9 Å². The minimum Gasteiger partial charge on any atom is -0.272 e. The summed E-state index contributed by atoms with van der Waals surface area (Å²) in [5.74, 6) is -0.891. The highest BCUT2D eigenvalue weighted by Gasteiger charge is 2.23. The molecule has 1 amide bonds. The number of amides is 1. The van der Waals surface area contributed by atoms with Gasteiger partial charge in [0.25, 0.3) is 11.5 Å². The minimum atomic E-state index is -0.450. The number of rotatable bonds is 6. The molecule has 1 aliphatic rings. The molecule has 4 aromatic rings. The second-order valence-electron chi connectivity index (χ2n) is 8.15. The molecular weight excluding hydrogens is 587 g/mol. The van der Waals surface area contributed by atoms with Crippen molar-refractivity contribution in [3.05, 3.63) is 84.1 Å². The number of carbonyl (C=O) groups excluding carboxylic acids is 1. The number of aryl methyl sites for hydroxylation is 2. The van der Waals surface area contributed by atoms with E-state index in [2.05, 4.69) is 26.5 Å². The zero-order valence-electron chi connectivity index (χ0n) is 18.8. The molecule has 1 aliphatic carbocycles. The molecule has 2 heterocycles. The molecule has 0 aliphatic heterocycles. The van der Waals surface area contributed by atoms with Crippen LogP contribution in [0.3, 0.4) is 0 Å². The van der Waals surface area contributed by atoms with Gasteiger partial charge in [0.05, 0.1) is 23.0 Å². The van der Waals surface area contributed by atoms with E-state index in [1.807, 2.05) is 0 Å². The molecule has 0 unspecified atom stereocenters. The summed E-state index contributed by atoms with van der Waals surface area (Å²) >= 11 is 12.0. The van der Waals surface area contributed by atoms with Crippen LogP contribution in [0.2, 0.25) is 5.02 Å². The van der Waals surface area contributed by atoms with Crippen molar-refractivity contribution in [2.45, 2.75) is 30.8 Å². The number of halogens is 3. The maximum atomic E-state index is 13.9. The molecule has 0 atom stereocenters. The fraction of sp³-hybridized carbons (Fsp3) is 0.200. The number of hydrogen-bond donors (Lipinski definition) is 1. The van der Waals surface area contributed by atoms with Crippen molar-refractivity contribution in [2.75, 3.05) is 5.75 Å². The van der Waals surface area contributed by atoms with Crippen LogP contribution in [0.4, 0.5) is 4.39 Å². The monoisotopic (exact) mass is 604 g/mol. The Morgan fingerprint density at radius 3 is 2.83 bits per heavy atom. The number of nitrogens with one attached hydrogen (secondary N) is 1. The first-order chi connectivity index (χ1) is 17.4. The van der Waals surface area contributed by atoms with Gasteiger partial charge in [-0.15, -0.1) is 11.3 Å². The molecule has 36 heavy (non-hydrogen) atoms. The van der Waals surface area contributed by atoms with Gasteiger partial charge in [-0.25, -0.2) is 14.8 Å². The first-order valence-electron chi connectivity index (χ1n) is 11.1. The molecule has 0 radical (unpaired) electrons. The van der Waals surface area contributed by atoms with E-state index in [0.717, 1.165) is 43.0 Å². The molecule has 0 saturated heterocycles. The van der Waals surface area contributed by atoms with Gasteiger partial charge in [-0.1, -0.05) is 39.3 Å². The van der Waals surface area contributed by atoms with Gasteiger partial charge in [0.15, 0.2) is 5.16 Å². The van der Waals surface area contributed by atoms with Crippen LogP contribution in [0.25, 0.3) is 15.9 Å². The highest BCUT2D eigenvalue weighted by molar-refractivity contribution is 9.10. The Labute approximate surface area is 227 Å². The zero-order chi connectivity index (χ0) is 25.2. The average molecular weight is 606 g/mol. The summed E-state index contributed by atoms with van der Waals surface area (Å²) in [5.41, 5.74) is 4.22. The second-order valence-corrected chi connectivity index (χ2v) is 11.5. The lowest BCUT2D eigenvalue weighted by atomic mass is 9.97. The molecule has 11 heteroatoms. The lowest BCUT2D eigenvalue weighted by molar-refractivity contribution is -0.118. The molecule has 1 N–H and O–H groups in total. The molecule has 0 fully saturated rings. The van der Waals surface area contributed by atoms with Crippen molar-refractivity contribution >= 4 is 73.0 Å². The largest absolute Gasteiger partial charge is 0.272 e. The third kappa shape index (κ3) is 5.27. The normalized spacial score (nSPS) is 13.3. The summed E-state index contributed by atoms with van der Waals surface area (Å²) in [6, 6.07) is 11.4. The summed E-state index contributed by atoms with van der Waals surface area (Å²) in [6.45, 7) is 0. The van der Waals surface area contributed by atoms with Gasteiger partial charge in [0.2, 0.25) is 0 Å². The molecular formula is C25H19BrClFN4O2S2. The first kappa shape index (κ1) is 25.1. The van der Waals surface area contributed by atoms with Crippen LogP contribution in [-0.4, -0.2) is 27.4 Å². The Morgan fingerprint density at radius 2 is 2.03 bits per heavy atom. The summed E-state index contributed by atoms with van der Waals surface area (Å²) in [5, 5.41) is 5.49. The van der Waals surface area contributed by atoms with Gasteiger partial charge < -0.3 is 0 Å². The van der Waals surface area contributed by atoms with Gasteiger partial charge in [-0.2, -0.15) is 5.10 Å². The van der Waals surface area contributed by atoms with Crippen molar-refractivity contribution < 1.29 is 9.18 Å². The average Bonchev–Trinajstić information content (AvgIpc) is 3.24. The summed E-state index contributed by atoms with van der Waals surface area (Å²) in [6.07, 6.45) is 5.24. The lowest BCUT2D eigenvalue weighted by Gasteiger charge is -2.13. The molecule has 184 valence electrons. The molecule has 6 nitrogen and oxygen atoms in total. The van der Waals surface area contributed by atoms with Gasteiger partial charge in [0, 0.05) is 19.9 Å². The van der Waals surface area contributed by atoms with Crippen LogP contribution in [0, 0.1) is 5.82 Å². The van der Waals surface area contributed by atoms with E-state index in [1.165, 1.54) is 17.2 Å². The SMILES string of the molecule is O=C(CSc1nc2sc3c(c2c(=O)n1-c1ccc(Cl)cc1)CCCC3)NN=Cc1cc(Br)ccc1F. The Kier molecular flexibility index (Phi) is 7.57. The highest BCUT2D eigenvalue weighted by atomic mass is 79.9. The number of fused-ring (bicyclic) bond motifs is 3. The van der Waals surface area contributed by atoms with Crippen LogP contribution in [0.5, 0.6) is 0 Å². The topological polar surface area (TPSA) is 76.3 Å². The van der Waals surface area contributed by atoms with E-state index in [9.17, 15) is 14.0 Å². The van der Waals surface area contributed by atoms with E-state index in [1.54, 1.807) is 52.3 Å². The Bertz CT molecular complexity index is 1550. The van der Waals surface area contributed by atoms with E-state index in [4.69, 9.17) is 16.6 Å². The number of thioether (sulfide) groups is 1. The van der Waals surface area contributed by atoms with Crippen LogP contribution in [0.1, 0.15) is 28.8 Å². The van der Waals surface area contributed by atoms with Gasteiger partial charge in [-0.3, -0.25) is 14.2 Å². The van der Waals surface area contributed by atoms with Crippen LogP contribution < -0.4 is 11.0 Å². The maximum absolute atomic E-state index is 13.9. The molecule has 2 aromatic carbocycles. The fourth-order valence-electron chi connectivity index (χ4n) is 4.05. The number of benzene rings is 2. The van der Waals surface area contributed by atoms with Crippen LogP contribution >= 0.6 is 50.6 Å². The molecule has 2 aromatic heterocycles. The number of carbonyl (C=O) groups is 1. The van der Waals surface area contributed by atoms with Gasteiger partial charge in [0.1, 0.15) is 10.6 Å². The number of thiophene rings is 1. The van der Waals surface area contributed by atoms with E-state index >= 15 is 0 Å². The summed E-state index contributed by atoms with van der Waals surface area (Å²) in [4.78, 5) is 32.9. The third-order valence-electron chi connectivity index (χ3n) is 5.73. The van der Waals surface area contributed by atoms with Crippen molar-refractivity contribution in [3.8, 4) is 5.69 Å². The summed E-state index contributed by atoms with van der Waals surface area (Å²) in [7, 11) is 0. The fourth-order valence-corrected chi connectivity index (χ4v) is 6.66. The molecule has 5 rings (SSSR count). The van der Waals surface area contributed by atoms with Gasteiger partial charge in [-0.05, 0) is 73.7 Å². The number of aromatic nitrogens is 2. The Balaban J connectivity index is 1.43. The minimum absolute atomic E-state index is 0.0328. The predicted octanol–water partition coefficient (Wildman–Crippen LogP) is 6.12. The van der Waals surface area contributed by atoms with Crippen LogP contribution in [0.15, 0.2) is 62.0 Å². The Morgan fingerprint density at radius 1 is 1.25 bits per heavy atom. The maximum Gasteiger partial charge on any atom is 0.267 e. The molecule has 0 spiro atoms. The first-order valence-corrected chi connectivity index (χ1v) is 14.1. The lowest BCUT2D eigenvalue weighted by Crippen LogP contribution is -2.24. The Hall–Kier alpha value is -2.53. The summed E-state index contributed by atoms with van der Waals surface area (Å²) < 4.78 is 16.1. The second kappa shape index (κ2) is 10.8. The van der Waals surface area contributed by atoms with E-state index < -0.39 is 11.7 Å². The predicted molar refractivity (Wildman–Crippen MR) is 147 cm³/mol. The van der Waals surface area contributed by atoms with Crippen molar-refractivity contribution in [2.24, 2.45) is 5.10 Å². The third-order valence-corrected chi connectivity index (χ3v) is 8.60. The van der Waals surface area contributed by atoms with Crippen molar-refractivity contribution in [1.82, 2.24) is 15.0 Å². The highest BCUT2D eigenvalue weighted by Crippen LogP contribution is 2.35. The number of hydrazone groups is 1. The molecule has 0 bridgehead atoms. The van der Waals surface area contributed by atoms with E-state index in [0.29, 0.717) is 30.6 Å². The standard InChI is InChI=1S/C25H19BrClFN4O2S2/c26-15-5-10-19(28)14(11-15)12-29-31-21(33)13-35-25-30-23-22(18-3-1-2-4-20(18)36-23)24(34)32(25)17-8-6-16(27)7-9-17/h5-12H,1-4,13H2,(H,31,33). The van der Waals surface area contributed by atoms with Crippen molar-refractivity contribution in [1.29, 1.82) is 0 Å². The van der Waals surface area contributed by atoms with Gasteiger partial charge >= 0.3 is 0 Å². The van der Waals surface area contributed by atoms with Crippen LogP contribution in [-0.2, 0) is 17.6 Å². The van der Waals surface area contributed by atoms with Crippen molar-refractivity contribution in [3.63, 3.8) is 0 Å². The number of hydrogen-bond acceptors (Lipinski definition) is 6.